The fourth-order valence-electron chi connectivity index (χ4n) is 1.19. The van der Waals surface area contributed by atoms with E-state index in [4.69, 9.17) is 5.73 Å². The van der Waals surface area contributed by atoms with Gasteiger partial charge in [0.15, 0.2) is 0 Å². The Balaban J connectivity index is 3.23. The summed E-state index contributed by atoms with van der Waals surface area (Å²) >= 11 is 0. The molecule has 12 heavy (non-hydrogen) atoms. The molecule has 0 aliphatic heterocycles. The quantitative estimate of drug-likeness (QED) is 0.457. The SMILES string of the molecule is CC(C)(C)c1cc(O)ccc1N. The normalized spacial score (nSPS) is 11.6. The Morgan fingerprint density at radius 2 is 1.83 bits per heavy atom. The average Bonchev–Trinajstić information content (AvgIpc) is 1.92. The zero-order valence-corrected chi connectivity index (χ0v) is 7.76. The molecule has 2 heteroatoms. The van der Waals surface area contributed by atoms with Crippen molar-refractivity contribution in [2.45, 2.75) is 26.2 Å². The van der Waals surface area contributed by atoms with Crippen molar-refractivity contribution in [1.29, 1.82) is 0 Å². The van der Waals surface area contributed by atoms with Crippen LogP contribution in [-0.2, 0) is 5.41 Å². The predicted molar refractivity (Wildman–Crippen MR) is 51.2 cm³/mol. The number of nitrogens with two attached hydrogens (primary N) is 1. The molecule has 2 nitrogen and oxygen atoms in total. The molecule has 0 saturated heterocycles. The van der Waals surface area contributed by atoms with E-state index in [9.17, 15) is 5.11 Å². The molecule has 0 heterocycles. The van der Waals surface area contributed by atoms with Crippen molar-refractivity contribution < 1.29 is 5.11 Å². The number of phenolic OH excluding ortho intramolecular Hbond substituents is 1. The van der Waals surface area contributed by atoms with Crippen LogP contribution in [0.1, 0.15) is 26.3 Å². The molecular formula is C10H15NO. The number of phenols is 1. The van der Waals surface area contributed by atoms with E-state index in [1.807, 2.05) is 0 Å². The fourth-order valence-corrected chi connectivity index (χ4v) is 1.19. The molecule has 0 saturated carbocycles. The van der Waals surface area contributed by atoms with Crippen LogP contribution in [0.4, 0.5) is 5.69 Å². The van der Waals surface area contributed by atoms with E-state index in [2.05, 4.69) is 20.8 Å². The van der Waals surface area contributed by atoms with Crippen LogP contribution in [0.3, 0.4) is 0 Å². The van der Waals surface area contributed by atoms with Gasteiger partial charge in [0.2, 0.25) is 0 Å². The molecule has 0 fully saturated rings. The van der Waals surface area contributed by atoms with Gasteiger partial charge in [-0.3, -0.25) is 0 Å². The Bertz CT molecular complexity index is 286. The lowest BCUT2D eigenvalue weighted by Crippen LogP contribution is -2.13. The summed E-state index contributed by atoms with van der Waals surface area (Å²) in [5.41, 5.74) is 7.48. The summed E-state index contributed by atoms with van der Waals surface area (Å²) < 4.78 is 0. The molecule has 66 valence electrons. The minimum atomic E-state index is -0.0111. The lowest BCUT2D eigenvalue weighted by Gasteiger charge is -2.21. The van der Waals surface area contributed by atoms with Gasteiger partial charge < -0.3 is 10.8 Å². The highest BCUT2D eigenvalue weighted by molar-refractivity contribution is 5.53. The minimum Gasteiger partial charge on any atom is -0.508 e. The maximum absolute atomic E-state index is 9.25. The molecule has 0 spiro atoms. The van der Waals surface area contributed by atoms with Crippen LogP contribution >= 0.6 is 0 Å². The molecule has 0 unspecified atom stereocenters. The third-order valence-corrected chi connectivity index (χ3v) is 1.84. The van der Waals surface area contributed by atoms with E-state index < -0.39 is 0 Å². The lowest BCUT2D eigenvalue weighted by molar-refractivity contribution is 0.471. The van der Waals surface area contributed by atoms with Gasteiger partial charge in [0.1, 0.15) is 5.75 Å². The van der Waals surface area contributed by atoms with Gasteiger partial charge in [-0.1, -0.05) is 20.8 Å². The van der Waals surface area contributed by atoms with Crippen LogP contribution in [0.5, 0.6) is 5.75 Å². The molecule has 0 aromatic heterocycles. The van der Waals surface area contributed by atoms with Crippen molar-refractivity contribution in [3.63, 3.8) is 0 Å². The monoisotopic (exact) mass is 165 g/mol. The van der Waals surface area contributed by atoms with Crippen LogP contribution in [0.2, 0.25) is 0 Å². The van der Waals surface area contributed by atoms with Crippen molar-refractivity contribution in [1.82, 2.24) is 0 Å². The number of hydrogen-bond acceptors (Lipinski definition) is 2. The fraction of sp³-hybridized carbons (Fsp3) is 0.400. The van der Waals surface area contributed by atoms with E-state index in [1.165, 1.54) is 0 Å². The van der Waals surface area contributed by atoms with Crippen LogP contribution in [0.25, 0.3) is 0 Å². The Morgan fingerprint density at radius 3 is 2.25 bits per heavy atom. The molecule has 3 N–H and O–H groups in total. The van der Waals surface area contributed by atoms with Crippen molar-refractivity contribution >= 4 is 5.69 Å². The van der Waals surface area contributed by atoms with Gasteiger partial charge in [0.25, 0.3) is 0 Å². The first-order chi connectivity index (χ1) is 5.41. The predicted octanol–water partition coefficient (Wildman–Crippen LogP) is 2.27. The topological polar surface area (TPSA) is 46.2 Å². The smallest absolute Gasteiger partial charge is 0.116 e. The summed E-state index contributed by atoms with van der Waals surface area (Å²) in [7, 11) is 0. The molecule has 0 aliphatic rings. The third-order valence-electron chi connectivity index (χ3n) is 1.84. The molecule has 1 aromatic rings. The van der Waals surface area contributed by atoms with Gasteiger partial charge in [0.05, 0.1) is 0 Å². The summed E-state index contributed by atoms with van der Waals surface area (Å²) in [6.45, 7) is 6.20. The molecule has 1 rings (SSSR count). The van der Waals surface area contributed by atoms with Gasteiger partial charge in [-0.15, -0.1) is 0 Å². The standard InChI is InChI=1S/C10H15NO/c1-10(2,3)8-6-7(12)4-5-9(8)11/h4-6,12H,11H2,1-3H3. The highest BCUT2D eigenvalue weighted by Gasteiger charge is 2.16. The number of hydrogen-bond donors (Lipinski definition) is 2. The number of nitrogen functional groups attached to an aromatic ring is 1. The van der Waals surface area contributed by atoms with Gasteiger partial charge in [-0.05, 0) is 29.2 Å². The Labute approximate surface area is 73.0 Å². The van der Waals surface area contributed by atoms with Gasteiger partial charge in [-0.2, -0.15) is 0 Å². The molecule has 0 amide bonds. The van der Waals surface area contributed by atoms with Crippen LogP contribution < -0.4 is 5.73 Å². The van der Waals surface area contributed by atoms with Crippen molar-refractivity contribution in [3.05, 3.63) is 23.8 Å². The summed E-state index contributed by atoms with van der Waals surface area (Å²) in [4.78, 5) is 0. The Morgan fingerprint density at radius 1 is 1.25 bits per heavy atom. The molecule has 0 bridgehead atoms. The van der Waals surface area contributed by atoms with Crippen LogP contribution in [-0.4, -0.2) is 5.11 Å². The first kappa shape index (κ1) is 8.91. The molecular weight excluding hydrogens is 150 g/mol. The number of anilines is 1. The highest BCUT2D eigenvalue weighted by atomic mass is 16.3. The summed E-state index contributed by atoms with van der Waals surface area (Å²) in [6, 6.07) is 5.05. The van der Waals surface area contributed by atoms with Crippen LogP contribution in [0.15, 0.2) is 18.2 Å². The van der Waals surface area contributed by atoms with Crippen molar-refractivity contribution in [2.75, 3.05) is 5.73 Å². The summed E-state index contributed by atoms with van der Waals surface area (Å²) in [5.74, 6) is 0.272. The van der Waals surface area contributed by atoms with Crippen LogP contribution in [0, 0.1) is 0 Å². The van der Waals surface area contributed by atoms with E-state index in [0.717, 1.165) is 11.3 Å². The summed E-state index contributed by atoms with van der Waals surface area (Å²) in [6.07, 6.45) is 0. The van der Waals surface area contributed by atoms with Gasteiger partial charge >= 0.3 is 0 Å². The number of aromatic hydroxyl groups is 1. The Kier molecular flexibility index (Phi) is 2.01. The maximum atomic E-state index is 9.25. The van der Waals surface area contributed by atoms with E-state index >= 15 is 0 Å². The molecule has 1 aromatic carbocycles. The zero-order chi connectivity index (χ0) is 9.35. The van der Waals surface area contributed by atoms with Crippen molar-refractivity contribution in [2.24, 2.45) is 0 Å². The van der Waals surface area contributed by atoms with E-state index in [1.54, 1.807) is 18.2 Å². The van der Waals surface area contributed by atoms with Crippen molar-refractivity contribution in [3.8, 4) is 5.75 Å². The highest BCUT2D eigenvalue weighted by Crippen LogP contribution is 2.30. The third kappa shape index (κ3) is 1.70. The van der Waals surface area contributed by atoms with E-state index in [-0.39, 0.29) is 11.2 Å². The molecule has 0 atom stereocenters. The second kappa shape index (κ2) is 2.70. The Hall–Kier alpha value is -1.18. The largest absolute Gasteiger partial charge is 0.508 e. The number of rotatable bonds is 0. The first-order valence-corrected chi connectivity index (χ1v) is 4.00. The maximum Gasteiger partial charge on any atom is 0.116 e. The number of benzene rings is 1. The summed E-state index contributed by atoms with van der Waals surface area (Å²) in [5, 5.41) is 9.25. The first-order valence-electron chi connectivity index (χ1n) is 4.00. The second-order valence-electron chi connectivity index (χ2n) is 4.02. The average molecular weight is 165 g/mol. The molecule has 0 aliphatic carbocycles. The minimum absolute atomic E-state index is 0.0111. The zero-order valence-electron chi connectivity index (χ0n) is 7.76. The molecule has 0 radical (unpaired) electrons. The van der Waals surface area contributed by atoms with E-state index in [0.29, 0.717) is 0 Å². The second-order valence-corrected chi connectivity index (χ2v) is 4.02. The lowest BCUT2D eigenvalue weighted by atomic mass is 9.86. The van der Waals surface area contributed by atoms with Gasteiger partial charge in [-0.25, -0.2) is 0 Å². The van der Waals surface area contributed by atoms with Gasteiger partial charge in [0, 0.05) is 5.69 Å².